The van der Waals surface area contributed by atoms with Crippen molar-refractivity contribution in [3.63, 3.8) is 0 Å². The molecular weight excluding hydrogens is 324 g/mol. The van der Waals surface area contributed by atoms with Gasteiger partial charge in [0.1, 0.15) is 28.7 Å². The summed E-state index contributed by atoms with van der Waals surface area (Å²) in [6.07, 6.45) is 0. The third-order valence-electron chi connectivity index (χ3n) is 2.52. The molecule has 2 aromatic rings. The van der Waals surface area contributed by atoms with Gasteiger partial charge < -0.3 is 9.26 Å². The summed E-state index contributed by atoms with van der Waals surface area (Å²) in [7, 11) is 1.18. The van der Waals surface area contributed by atoms with E-state index in [1.54, 1.807) is 0 Å². The molecule has 4 nitrogen and oxygen atoms in total. The Morgan fingerprint density at radius 2 is 2.05 bits per heavy atom. The molecule has 1 aromatic carbocycles. The molecule has 19 heavy (non-hydrogen) atoms. The number of aromatic nitrogens is 1. The fourth-order valence-corrected chi connectivity index (χ4v) is 1.92. The predicted molar refractivity (Wildman–Crippen MR) is 65.6 cm³/mol. The minimum Gasteiger partial charge on any atom is -0.465 e. The van der Waals surface area contributed by atoms with Gasteiger partial charge in [0, 0.05) is 5.56 Å². The van der Waals surface area contributed by atoms with Crippen LogP contribution < -0.4 is 0 Å². The van der Waals surface area contributed by atoms with Gasteiger partial charge in [-0.05, 0) is 35.0 Å². The van der Waals surface area contributed by atoms with E-state index in [4.69, 9.17) is 4.52 Å². The normalized spacial score (nSPS) is 10.6. The maximum atomic E-state index is 13.8. The van der Waals surface area contributed by atoms with Crippen molar-refractivity contribution >= 4 is 21.9 Å². The first kappa shape index (κ1) is 13.7. The topological polar surface area (TPSA) is 52.3 Å². The number of hydrogen-bond acceptors (Lipinski definition) is 4. The van der Waals surface area contributed by atoms with E-state index in [-0.39, 0.29) is 27.1 Å². The average Bonchev–Trinajstić information content (AvgIpc) is 2.74. The van der Waals surface area contributed by atoms with Crippen LogP contribution in [-0.2, 0) is 4.74 Å². The number of carbonyl (C=O) groups is 1. The number of carbonyl (C=O) groups excluding carboxylic acids is 1. The molecule has 0 N–H and O–H groups in total. The van der Waals surface area contributed by atoms with Crippen LogP contribution in [0.3, 0.4) is 0 Å². The maximum Gasteiger partial charge on any atom is 0.343 e. The van der Waals surface area contributed by atoms with Crippen LogP contribution in [0.1, 0.15) is 16.1 Å². The number of ether oxygens (including phenoxy) is 1. The van der Waals surface area contributed by atoms with Crippen LogP contribution in [-0.4, -0.2) is 18.2 Å². The minimum atomic E-state index is -0.730. The van der Waals surface area contributed by atoms with Crippen molar-refractivity contribution in [1.29, 1.82) is 0 Å². The van der Waals surface area contributed by atoms with Crippen molar-refractivity contribution in [2.24, 2.45) is 0 Å². The molecule has 0 bridgehead atoms. The van der Waals surface area contributed by atoms with Crippen LogP contribution in [0.25, 0.3) is 11.3 Å². The summed E-state index contributed by atoms with van der Waals surface area (Å²) in [4.78, 5) is 11.6. The van der Waals surface area contributed by atoms with Gasteiger partial charge in [-0.1, -0.05) is 5.16 Å². The molecule has 0 aliphatic carbocycles. The molecule has 0 aliphatic heterocycles. The zero-order chi connectivity index (χ0) is 14.2. The summed E-state index contributed by atoms with van der Waals surface area (Å²) in [6, 6.07) is 1.89. The predicted octanol–water partition coefficient (Wildman–Crippen LogP) is 3.48. The quantitative estimate of drug-likeness (QED) is 0.624. The molecule has 7 heteroatoms. The molecule has 0 unspecified atom stereocenters. The Morgan fingerprint density at radius 1 is 1.37 bits per heavy atom. The fourth-order valence-electron chi connectivity index (χ4n) is 1.60. The zero-order valence-corrected chi connectivity index (χ0v) is 11.5. The second-order valence-corrected chi connectivity index (χ2v) is 4.55. The van der Waals surface area contributed by atoms with E-state index in [9.17, 15) is 13.6 Å². The van der Waals surface area contributed by atoms with E-state index in [1.807, 2.05) is 0 Å². The summed E-state index contributed by atoms with van der Waals surface area (Å²) in [6.45, 7) is 1.48. The van der Waals surface area contributed by atoms with Gasteiger partial charge in [0.25, 0.3) is 0 Å². The van der Waals surface area contributed by atoms with Gasteiger partial charge in [-0.3, -0.25) is 0 Å². The van der Waals surface area contributed by atoms with E-state index >= 15 is 0 Å². The highest BCUT2D eigenvalue weighted by Gasteiger charge is 2.25. The number of benzene rings is 1. The van der Waals surface area contributed by atoms with Crippen molar-refractivity contribution in [3.8, 4) is 11.3 Å². The lowest BCUT2D eigenvalue weighted by molar-refractivity contribution is 0.0599. The Balaban J connectivity index is 2.66. The first-order valence-electron chi connectivity index (χ1n) is 5.15. The molecule has 0 saturated carbocycles. The lowest BCUT2D eigenvalue weighted by atomic mass is 10.1. The SMILES string of the molecule is COC(=O)c1c(-c2cc(F)c(Br)cc2F)noc1C. The lowest BCUT2D eigenvalue weighted by Gasteiger charge is -2.04. The fraction of sp³-hybridized carbons (Fsp3) is 0.167. The van der Waals surface area contributed by atoms with Gasteiger partial charge in [0.15, 0.2) is 0 Å². The van der Waals surface area contributed by atoms with Gasteiger partial charge in [0.05, 0.1) is 11.6 Å². The number of aryl methyl sites for hydroxylation is 1. The van der Waals surface area contributed by atoms with E-state index in [0.29, 0.717) is 0 Å². The van der Waals surface area contributed by atoms with Gasteiger partial charge >= 0.3 is 5.97 Å². The number of esters is 1. The molecule has 100 valence electrons. The van der Waals surface area contributed by atoms with Crippen molar-refractivity contribution in [2.75, 3.05) is 7.11 Å². The van der Waals surface area contributed by atoms with E-state index in [2.05, 4.69) is 25.8 Å². The van der Waals surface area contributed by atoms with Gasteiger partial charge in [-0.25, -0.2) is 13.6 Å². The molecule has 0 saturated heterocycles. The van der Waals surface area contributed by atoms with Gasteiger partial charge in [-0.2, -0.15) is 0 Å². The highest BCUT2D eigenvalue weighted by Crippen LogP contribution is 2.31. The second-order valence-electron chi connectivity index (χ2n) is 3.70. The number of halogens is 3. The largest absolute Gasteiger partial charge is 0.465 e. The summed E-state index contributed by atoms with van der Waals surface area (Å²) < 4.78 is 36.7. The Kier molecular flexibility index (Phi) is 3.66. The summed E-state index contributed by atoms with van der Waals surface area (Å²) >= 11 is 2.87. The van der Waals surface area contributed by atoms with Gasteiger partial charge in [0.2, 0.25) is 0 Å². The number of rotatable bonds is 2. The lowest BCUT2D eigenvalue weighted by Crippen LogP contribution is -2.04. The van der Waals surface area contributed by atoms with Crippen molar-refractivity contribution < 1.29 is 22.8 Å². The van der Waals surface area contributed by atoms with Crippen LogP contribution in [0.5, 0.6) is 0 Å². The number of nitrogens with zero attached hydrogens (tertiary/aromatic N) is 1. The molecule has 0 spiro atoms. The van der Waals surface area contributed by atoms with E-state index < -0.39 is 17.6 Å². The van der Waals surface area contributed by atoms with Crippen LogP contribution in [0.2, 0.25) is 0 Å². The van der Waals surface area contributed by atoms with Crippen LogP contribution in [0, 0.1) is 18.6 Å². The molecule has 0 amide bonds. The average molecular weight is 332 g/mol. The third-order valence-corrected chi connectivity index (χ3v) is 3.13. The summed E-state index contributed by atoms with van der Waals surface area (Å²) in [5.41, 5.74) is -0.283. The Labute approximate surface area is 115 Å². The molecular formula is C12H8BrF2NO3. The minimum absolute atomic E-state index is 0.0198. The summed E-state index contributed by atoms with van der Waals surface area (Å²) in [5.74, 6) is -1.96. The van der Waals surface area contributed by atoms with Crippen LogP contribution in [0.15, 0.2) is 21.1 Å². The maximum absolute atomic E-state index is 13.8. The van der Waals surface area contributed by atoms with Gasteiger partial charge in [-0.15, -0.1) is 0 Å². The Bertz CT molecular complexity index is 655. The monoisotopic (exact) mass is 331 g/mol. The molecule has 0 fully saturated rings. The first-order chi connectivity index (χ1) is 8.95. The first-order valence-corrected chi connectivity index (χ1v) is 5.94. The Hall–Kier alpha value is -1.76. The summed E-state index contributed by atoms with van der Waals surface area (Å²) in [5, 5.41) is 3.59. The highest BCUT2D eigenvalue weighted by atomic mass is 79.9. The molecule has 0 aliphatic rings. The zero-order valence-electron chi connectivity index (χ0n) is 9.96. The number of hydrogen-bond donors (Lipinski definition) is 0. The van der Waals surface area contributed by atoms with E-state index in [0.717, 1.165) is 12.1 Å². The molecule has 1 heterocycles. The molecule has 2 rings (SSSR count). The van der Waals surface area contributed by atoms with Crippen LogP contribution in [0.4, 0.5) is 8.78 Å². The molecule has 0 radical (unpaired) electrons. The van der Waals surface area contributed by atoms with Crippen LogP contribution >= 0.6 is 15.9 Å². The van der Waals surface area contributed by atoms with E-state index in [1.165, 1.54) is 14.0 Å². The third kappa shape index (κ3) is 2.37. The standard InChI is InChI=1S/C12H8BrF2NO3/c1-5-10(12(17)18-2)11(16-19-5)6-3-9(15)7(13)4-8(6)14/h3-4H,1-2H3. The highest BCUT2D eigenvalue weighted by molar-refractivity contribution is 9.10. The second kappa shape index (κ2) is 5.08. The van der Waals surface area contributed by atoms with Crippen molar-refractivity contribution in [1.82, 2.24) is 5.16 Å². The molecule has 1 aromatic heterocycles. The number of methoxy groups -OCH3 is 1. The Morgan fingerprint density at radius 3 is 2.68 bits per heavy atom. The smallest absolute Gasteiger partial charge is 0.343 e. The van der Waals surface area contributed by atoms with Crippen molar-refractivity contribution in [3.05, 3.63) is 39.6 Å². The molecule has 0 atom stereocenters. The van der Waals surface area contributed by atoms with Crippen molar-refractivity contribution in [2.45, 2.75) is 6.92 Å².